The van der Waals surface area contributed by atoms with Gasteiger partial charge in [-0.05, 0) is 49.2 Å². The highest BCUT2D eigenvalue weighted by atomic mass is 16.5. The second kappa shape index (κ2) is 8.85. The molecule has 0 radical (unpaired) electrons. The highest BCUT2D eigenvalue weighted by Crippen LogP contribution is 2.22. The Kier molecular flexibility index (Phi) is 6.04. The third kappa shape index (κ3) is 4.51. The van der Waals surface area contributed by atoms with Crippen molar-refractivity contribution < 1.29 is 4.74 Å². The Hall–Kier alpha value is -3.08. The maximum atomic E-state index is 5.27. The van der Waals surface area contributed by atoms with Gasteiger partial charge in [0.15, 0.2) is 0 Å². The summed E-state index contributed by atoms with van der Waals surface area (Å²) in [5, 5.41) is 3.38. The lowest BCUT2D eigenvalue weighted by molar-refractivity contribution is 0.414. The van der Waals surface area contributed by atoms with Crippen molar-refractivity contribution in [1.82, 2.24) is 9.97 Å². The number of aromatic nitrogens is 2. The molecule has 0 aliphatic carbocycles. The van der Waals surface area contributed by atoms with Gasteiger partial charge in [0.2, 0.25) is 5.95 Å². The number of para-hydroxylation sites is 1. The van der Waals surface area contributed by atoms with Crippen LogP contribution in [-0.4, -0.2) is 30.2 Å². The van der Waals surface area contributed by atoms with E-state index < -0.39 is 0 Å². The first kappa shape index (κ1) is 17.7. The third-order valence-corrected chi connectivity index (χ3v) is 4.12. The summed E-state index contributed by atoms with van der Waals surface area (Å²) in [5.41, 5.74) is 2.31. The number of anilines is 3. The van der Waals surface area contributed by atoms with Crippen molar-refractivity contribution in [2.75, 3.05) is 30.4 Å². The number of nitrogens with one attached hydrogen (secondary N) is 1. The molecule has 0 aliphatic heterocycles. The van der Waals surface area contributed by atoms with Gasteiger partial charge in [0.25, 0.3) is 0 Å². The zero-order chi connectivity index (χ0) is 18.2. The lowest BCUT2D eigenvalue weighted by Crippen LogP contribution is -2.19. The fraction of sp³-hybridized carbons (Fsp3) is 0.238. The Balaban J connectivity index is 1.65. The number of hydrogen-bond donors (Lipinski definition) is 1. The van der Waals surface area contributed by atoms with E-state index in [1.807, 2.05) is 36.4 Å². The molecule has 0 atom stereocenters. The van der Waals surface area contributed by atoms with Gasteiger partial charge >= 0.3 is 0 Å². The van der Waals surface area contributed by atoms with Crippen LogP contribution in [0.2, 0.25) is 0 Å². The Bertz CT molecular complexity index is 823. The van der Waals surface area contributed by atoms with Crippen molar-refractivity contribution in [2.45, 2.75) is 13.3 Å². The third-order valence-electron chi connectivity index (χ3n) is 4.12. The maximum absolute atomic E-state index is 5.27. The standard InChI is InChI=1S/C21H24N4O/c1-3-25(18-9-5-4-6-10-18)21-23-15-13-20(24-21)22-14-12-17-8-7-11-19(16-17)26-2/h4-11,13,15-16H,3,12,14H2,1-2H3,(H,22,23,24). The van der Waals surface area contributed by atoms with E-state index in [1.165, 1.54) is 5.56 Å². The molecule has 0 fully saturated rings. The smallest absolute Gasteiger partial charge is 0.231 e. The van der Waals surface area contributed by atoms with Crippen molar-refractivity contribution in [2.24, 2.45) is 0 Å². The van der Waals surface area contributed by atoms with E-state index in [0.717, 1.165) is 36.8 Å². The first-order valence-corrected chi connectivity index (χ1v) is 8.82. The van der Waals surface area contributed by atoms with Gasteiger partial charge in [-0.3, -0.25) is 0 Å². The Morgan fingerprint density at radius 1 is 1.04 bits per heavy atom. The molecule has 26 heavy (non-hydrogen) atoms. The maximum Gasteiger partial charge on any atom is 0.231 e. The summed E-state index contributed by atoms with van der Waals surface area (Å²) >= 11 is 0. The lowest BCUT2D eigenvalue weighted by atomic mass is 10.1. The largest absolute Gasteiger partial charge is 0.497 e. The monoisotopic (exact) mass is 348 g/mol. The molecule has 1 aromatic heterocycles. The SMILES string of the molecule is CCN(c1ccccc1)c1nccc(NCCc2cccc(OC)c2)n1. The first-order valence-electron chi connectivity index (χ1n) is 8.82. The zero-order valence-electron chi connectivity index (χ0n) is 15.2. The minimum absolute atomic E-state index is 0.699. The number of methoxy groups -OCH3 is 1. The van der Waals surface area contributed by atoms with Crippen LogP contribution in [0.1, 0.15) is 12.5 Å². The summed E-state index contributed by atoms with van der Waals surface area (Å²) in [7, 11) is 1.69. The molecule has 0 saturated carbocycles. The molecule has 5 nitrogen and oxygen atoms in total. The molecule has 134 valence electrons. The summed E-state index contributed by atoms with van der Waals surface area (Å²) in [5.74, 6) is 2.41. The highest BCUT2D eigenvalue weighted by Gasteiger charge is 2.10. The van der Waals surface area contributed by atoms with Crippen LogP contribution >= 0.6 is 0 Å². The molecule has 3 rings (SSSR count). The van der Waals surface area contributed by atoms with E-state index in [-0.39, 0.29) is 0 Å². The number of nitrogens with zero attached hydrogens (tertiary/aromatic N) is 3. The van der Waals surface area contributed by atoms with Crippen LogP contribution in [0, 0.1) is 0 Å². The Labute approximate surface area is 154 Å². The van der Waals surface area contributed by atoms with Crippen LogP contribution in [0.4, 0.5) is 17.5 Å². The van der Waals surface area contributed by atoms with Crippen molar-refractivity contribution >= 4 is 17.5 Å². The fourth-order valence-corrected chi connectivity index (χ4v) is 2.79. The normalized spacial score (nSPS) is 10.4. The second-order valence-corrected chi connectivity index (χ2v) is 5.85. The van der Waals surface area contributed by atoms with Gasteiger partial charge in [-0.1, -0.05) is 30.3 Å². The topological polar surface area (TPSA) is 50.3 Å². The summed E-state index contributed by atoms with van der Waals surface area (Å²) in [6.07, 6.45) is 2.69. The van der Waals surface area contributed by atoms with Crippen LogP contribution in [0.15, 0.2) is 66.9 Å². The van der Waals surface area contributed by atoms with E-state index in [9.17, 15) is 0 Å². The van der Waals surface area contributed by atoms with Crippen molar-refractivity contribution in [3.8, 4) is 5.75 Å². The minimum atomic E-state index is 0.699. The summed E-state index contributed by atoms with van der Waals surface area (Å²) in [6, 6.07) is 20.2. The zero-order valence-corrected chi connectivity index (χ0v) is 15.2. The van der Waals surface area contributed by atoms with Crippen LogP contribution in [0.3, 0.4) is 0 Å². The number of ether oxygens (including phenoxy) is 1. The quantitative estimate of drug-likeness (QED) is 0.658. The van der Waals surface area contributed by atoms with Crippen LogP contribution in [0.5, 0.6) is 5.75 Å². The van der Waals surface area contributed by atoms with Gasteiger partial charge in [-0.25, -0.2) is 4.98 Å². The molecule has 1 N–H and O–H groups in total. The number of hydrogen-bond acceptors (Lipinski definition) is 5. The molecule has 1 heterocycles. The fourth-order valence-electron chi connectivity index (χ4n) is 2.79. The average Bonchev–Trinajstić information content (AvgIpc) is 2.70. The van der Waals surface area contributed by atoms with Gasteiger partial charge in [-0.2, -0.15) is 4.98 Å². The molecule has 0 unspecified atom stereocenters. The molecule has 3 aromatic rings. The van der Waals surface area contributed by atoms with Crippen molar-refractivity contribution in [3.05, 3.63) is 72.4 Å². The molecular formula is C21H24N4O. The number of rotatable bonds is 8. The van der Waals surface area contributed by atoms with E-state index in [0.29, 0.717) is 5.95 Å². The van der Waals surface area contributed by atoms with Gasteiger partial charge in [0, 0.05) is 25.0 Å². The Morgan fingerprint density at radius 2 is 1.88 bits per heavy atom. The van der Waals surface area contributed by atoms with Gasteiger partial charge < -0.3 is 15.0 Å². The second-order valence-electron chi connectivity index (χ2n) is 5.85. The summed E-state index contributed by atoms with van der Waals surface area (Å²) in [6.45, 7) is 3.69. The van der Waals surface area contributed by atoms with Gasteiger partial charge in [0.1, 0.15) is 11.6 Å². The molecule has 0 bridgehead atoms. The number of benzene rings is 2. The van der Waals surface area contributed by atoms with Crippen molar-refractivity contribution in [1.29, 1.82) is 0 Å². The predicted molar refractivity (Wildman–Crippen MR) is 106 cm³/mol. The Morgan fingerprint density at radius 3 is 2.65 bits per heavy atom. The summed E-state index contributed by atoms with van der Waals surface area (Å²) < 4.78 is 5.27. The molecule has 0 amide bonds. The lowest BCUT2D eigenvalue weighted by Gasteiger charge is -2.21. The van der Waals surface area contributed by atoms with Crippen molar-refractivity contribution in [3.63, 3.8) is 0 Å². The first-order chi connectivity index (χ1) is 12.8. The van der Waals surface area contributed by atoms with E-state index in [4.69, 9.17) is 4.74 Å². The molecule has 0 spiro atoms. The summed E-state index contributed by atoms with van der Waals surface area (Å²) in [4.78, 5) is 11.2. The molecule has 0 saturated heterocycles. The molecule has 5 heteroatoms. The molecule has 0 aliphatic rings. The van der Waals surface area contributed by atoms with Gasteiger partial charge in [-0.15, -0.1) is 0 Å². The molecular weight excluding hydrogens is 324 g/mol. The van der Waals surface area contributed by atoms with Crippen LogP contribution in [-0.2, 0) is 6.42 Å². The predicted octanol–water partition coefficient (Wildman–Crippen LogP) is 4.30. The minimum Gasteiger partial charge on any atom is -0.497 e. The van der Waals surface area contributed by atoms with Crippen LogP contribution in [0.25, 0.3) is 0 Å². The van der Waals surface area contributed by atoms with Gasteiger partial charge in [0.05, 0.1) is 7.11 Å². The van der Waals surface area contributed by atoms with E-state index in [1.54, 1.807) is 13.3 Å². The average molecular weight is 348 g/mol. The highest BCUT2D eigenvalue weighted by molar-refractivity contribution is 5.58. The van der Waals surface area contributed by atoms with E-state index in [2.05, 4.69) is 51.4 Å². The molecule has 2 aromatic carbocycles. The van der Waals surface area contributed by atoms with E-state index >= 15 is 0 Å². The van der Waals surface area contributed by atoms with Crippen LogP contribution < -0.4 is 15.0 Å².